The van der Waals surface area contributed by atoms with Crippen molar-refractivity contribution in [2.24, 2.45) is 7.05 Å². The lowest BCUT2D eigenvalue weighted by molar-refractivity contribution is 0.181. The Labute approximate surface area is 91.6 Å². The lowest BCUT2D eigenvalue weighted by Crippen LogP contribution is -2.26. The monoisotopic (exact) mass is 211 g/mol. The maximum Gasteiger partial charge on any atom is 0.124 e. The molecule has 0 aromatic carbocycles. The minimum absolute atomic E-state index is 0.380. The van der Waals surface area contributed by atoms with Crippen molar-refractivity contribution in [3.8, 4) is 0 Å². The summed E-state index contributed by atoms with van der Waals surface area (Å²) in [4.78, 5) is 0. The zero-order valence-electron chi connectivity index (χ0n) is 9.86. The van der Waals surface area contributed by atoms with Crippen LogP contribution in [0.5, 0.6) is 0 Å². The SMILES string of the molecule is CCCCC(COC)Nc1ccnn1C. The second-order valence-electron chi connectivity index (χ2n) is 3.78. The summed E-state index contributed by atoms with van der Waals surface area (Å²) in [6.07, 6.45) is 5.37. The summed E-state index contributed by atoms with van der Waals surface area (Å²) < 4.78 is 7.04. The number of methoxy groups -OCH3 is 1. The van der Waals surface area contributed by atoms with Crippen LogP contribution in [-0.4, -0.2) is 29.5 Å². The van der Waals surface area contributed by atoms with Gasteiger partial charge in [0.1, 0.15) is 5.82 Å². The number of aromatic nitrogens is 2. The number of unbranched alkanes of at least 4 members (excludes halogenated alkanes) is 1. The third kappa shape index (κ3) is 3.91. The Morgan fingerprint density at radius 3 is 2.93 bits per heavy atom. The van der Waals surface area contributed by atoms with Crippen LogP contribution in [0.15, 0.2) is 12.3 Å². The molecule has 15 heavy (non-hydrogen) atoms. The first kappa shape index (κ1) is 12.0. The van der Waals surface area contributed by atoms with E-state index in [0.717, 1.165) is 18.8 Å². The Hall–Kier alpha value is -1.03. The van der Waals surface area contributed by atoms with Crippen LogP contribution >= 0.6 is 0 Å². The highest BCUT2D eigenvalue weighted by Crippen LogP contribution is 2.10. The molecule has 1 rings (SSSR count). The number of aryl methyl sites for hydroxylation is 1. The van der Waals surface area contributed by atoms with Crippen LogP contribution < -0.4 is 5.32 Å². The quantitative estimate of drug-likeness (QED) is 0.750. The van der Waals surface area contributed by atoms with E-state index in [1.54, 1.807) is 13.3 Å². The van der Waals surface area contributed by atoms with E-state index in [1.807, 2.05) is 17.8 Å². The van der Waals surface area contributed by atoms with Gasteiger partial charge >= 0.3 is 0 Å². The Balaban J connectivity index is 2.46. The Morgan fingerprint density at radius 1 is 1.60 bits per heavy atom. The summed E-state index contributed by atoms with van der Waals surface area (Å²) in [5.74, 6) is 1.05. The summed E-state index contributed by atoms with van der Waals surface area (Å²) in [6.45, 7) is 2.94. The average molecular weight is 211 g/mol. The van der Waals surface area contributed by atoms with Gasteiger partial charge in [0.2, 0.25) is 0 Å². The molecule has 0 saturated carbocycles. The molecule has 1 N–H and O–H groups in total. The van der Waals surface area contributed by atoms with E-state index in [2.05, 4.69) is 17.3 Å². The van der Waals surface area contributed by atoms with Crippen molar-refractivity contribution in [1.82, 2.24) is 9.78 Å². The summed E-state index contributed by atoms with van der Waals surface area (Å²) in [5, 5.41) is 7.56. The smallest absolute Gasteiger partial charge is 0.124 e. The fourth-order valence-corrected chi connectivity index (χ4v) is 1.57. The molecule has 0 spiro atoms. The number of rotatable bonds is 7. The molecule has 4 heteroatoms. The van der Waals surface area contributed by atoms with E-state index in [4.69, 9.17) is 4.74 Å². The highest BCUT2D eigenvalue weighted by molar-refractivity contribution is 5.34. The molecule has 86 valence electrons. The minimum Gasteiger partial charge on any atom is -0.383 e. The van der Waals surface area contributed by atoms with Gasteiger partial charge in [0.25, 0.3) is 0 Å². The van der Waals surface area contributed by atoms with Gasteiger partial charge in [-0.15, -0.1) is 0 Å². The molecule has 0 aliphatic rings. The van der Waals surface area contributed by atoms with Crippen molar-refractivity contribution in [3.05, 3.63) is 12.3 Å². The van der Waals surface area contributed by atoms with Crippen LogP contribution in [0.2, 0.25) is 0 Å². The lowest BCUT2D eigenvalue weighted by Gasteiger charge is -2.18. The number of hydrogen-bond acceptors (Lipinski definition) is 3. The first-order chi connectivity index (χ1) is 7.27. The molecule has 1 heterocycles. The van der Waals surface area contributed by atoms with E-state index in [9.17, 15) is 0 Å². The van der Waals surface area contributed by atoms with Crippen molar-refractivity contribution in [3.63, 3.8) is 0 Å². The van der Waals surface area contributed by atoms with E-state index in [1.165, 1.54) is 12.8 Å². The van der Waals surface area contributed by atoms with Crippen LogP contribution in [0.1, 0.15) is 26.2 Å². The van der Waals surface area contributed by atoms with Crippen LogP contribution in [0.4, 0.5) is 5.82 Å². The van der Waals surface area contributed by atoms with Crippen molar-refractivity contribution in [2.75, 3.05) is 19.0 Å². The second kappa shape index (κ2) is 6.45. The molecular weight excluding hydrogens is 190 g/mol. The zero-order chi connectivity index (χ0) is 11.1. The topological polar surface area (TPSA) is 39.1 Å². The third-order valence-corrected chi connectivity index (χ3v) is 2.45. The molecule has 1 atom stereocenters. The Morgan fingerprint density at radius 2 is 2.40 bits per heavy atom. The van der Waals surface area contributed by atoms with Gasteiger partial charge in [-0.05, 0) is 6.42 Å². The van der Waals surface area contributed by atoms with Gasteiger partial charge in [-0.2, -0.15) is 5.10 Å². The Kier molecular flexibility index (Phi) is 5.18. The summed E-state index contributed by atoms with van der Waals surface area (Å²) in [6, 6.07) is 2.36. The first-order valence-electron chi connectivity index (χ1n) is 5.51. The molecule has 4 nitrogen and oxygen atoms in total. The van der Waals surface area contributed by atoms with Crippen molar-refractivity contribution in [1.29, 1.82) is 0 Å². The van der Waals surface area contributed by atoms with Crippen molar-refractivity contribution >= 4 is 5.82 Å². The van der Waals surface area contributed by atoms with Gasteiger partial charge < -0.3 is 10.1 Å². The van der Waals surface area contributed by atoms with Gasteiger partial charge in [0.05, 0.1) is 18.8 Å². The normalized spacial score (nSPS) is 12.7. The minimum atomic E-state index is 0.380. The van der Waals surface area contributed by atoms with Crippen LogP contribution in [0.25, 0.3) is 0 Å². The van der Waals surface area contributed by atoms with Crippen molar-refractivity contribution in [2.45, 2.75) is 32.2 Å². The molecule has 1 aromatic rings. The van der Waals surface area contributed by atoms with E-state index >= 15 is 0 Å². The van der Waals surface area contributed by atoms with E-state index < -0.39 is 0 Å². The molecule has 0 aliphatic heterocycles. The summed E-state index contributed by atoms with van der Waals surface area (Å²) in [5.41, 5.74) is 0. The number of anilines is 1. The lowest BCUT2D eigenvalue weighted by atomic mass is 10.1. The number of nitrogens with one attached hydrogen (secondary N) is 1. The van der Waals surface area contributed by atoms with Crippen LogP contribution in [0.3, 0.4) is 0 Å². The number of hydrogen-bond donors (Lipinski definition) is 1. The van der Waals surface area contributed by atoms with Gasteiger partial charge in [-0.3, -0.25) is 4.68 Å². The van der Waals surface area contributed by atoms with E-state index in [0.29, 0.717) is 6.04 Å². The van der Waals surface area contributed by atoms with Crippen LogP contribution in [-0.2, 0) is 11.8 Å². The third-order valence-electron chi connectivity index (χ3n) is 2.45. The van der Waals surface area contributed by atoms with E-state index in [-0.39, 0.29) is 0 Å². The zero-order valence-corrected chi connectivity index (χ0v) is 9.86. The fraction of sp³-hybridized carbons (Fsp3) is 0.727. The maximum atomic E-state index is 5.20. The largest absolute Gasteiger partial charge is 0.383 e. The maximum absolute atomic E-state index is 5.20. The molecule has 1 unspecified atom stereocenters. The molecule has 0 amide bonds. The molecular formula is C11H21N3O. The molecule has 0 aliphatic carbocycles. The highest BCUT2D eigenvalue weighted by Gasteiger charge is 2.09. The molecule has 1 aromatic heterocycles. The predicted octanol–water partition coefficient (Wildman–Crippen LogP) is 2.04. The predicted molar refractivity (Wildman–Crippen MR) is 62.0 cm³/mol. The van der Waals surface area contributed by atoms with Gasteiger partial charge in [-0.25, -0.2) is 0 Å². The second-order valence-corrected chi connectivity index (χ2v) is 3.78. The summed E-state index contributed by atoms with van der Waals surface area (Å²) >= 11 is 0. The van der Waals surface area contributed by atoms with Gasteiger partial charge in [-0.1, -0.05) is 19.8 Å². The first-order valence-corrected chi connectivity index (χ1v) is 5.51. The molecule has 0 fully saturated rings. The van der Waals surface area contributed by atoms with Crippen molar-refractivity contribution < 1.29 is 4.74 Å². The van der Waals surface area contributed by atoms with Crippen LogP contribution in [0, 0.1) is 0 Å². The number of nitrogens with zero attached hydrogens (tertiary/aromatic N) is 2. The molecule has 0 bridgehead atoms. The Bertz CT molecular complexity index is 273. The number of ether oxygens (including phenoxy) is 1. The van der Waals surface area contributed by atoms with Gasteiger partial charge in [0, 0.05) is 20.2 Å². The summed E-state index contributed by atoms with van der Waals surface area (Å²) in [7, 11) is 3.68. The highest BCUT2D eigenvalue weighted by atomic mass is 16.5. The fourth-order valence-electron chi connectivity index (χ4n) is 1.57. The molecule has 0 radical (unpaired) electrons. The average Bonchev–Trinajstić information content (AvgIpc) is 2.61. The molecule has 0 saturated heterocycles. The van der Waals surface area contributed by atoms with Gasteiger partial charge in [0.15, 0.2) is 0 Å². The standard InChI is InChI=1S/C11H21N3O/c1-4-5-6-10(9-15-3)13-11-7-8-12-14(11)2/h7-8,10,13H,4-6,9H2,1-3H3.